The van der Waals surface area contributed by atoms with Gasteiger partial charge >= 0.3 is 0 Å². The van der Waals surface area contributed by atoms with Crippen molar-refractivity contribution in [2.24, 2.45) is 11.7 Å². The van der Waals surface area contributed by atoms with E-state index in [0.29, 0.717) is 24.3 Å². The predicted molar refractivity (Wildman–Crippen MR) is 63.4 cm³/mol. The Balaban J connectivity index is 2.25. The summed E-state index contributed by atoms with van der Waals surface area (Å²) < 4.78 is 0. The second-order valence-electron chi connectivity index (χ2n) is 4.42. The van der Waals surface area contributed by atoms with Crippen molar-refractivity contribution in [1.29, 1.82) is 0 Å². The molecule has 0 amide bonds. The fraction of sp³-hybridized carbons (Fsp3) is 0.636. The van der Waals surface area contributed by atoms with Gasteiger partial charge in [-0.3, -0.25) is 4.79 Å². The summed E-state index contributed by atoms with van der Waals surface area (Å²) >= 11 is 0. The van der Waals surface area contributed by atoms with Crippen LogP contribution in [0.25, 0.3) is 0 Å². The maximum atomic E-state index is 11.7. The van der Waals surface area contributed by atoms with Gasteiger partial charge in [-0.1, -0.05) is 0 Å². The Bertz CT molecular complexity index is 403. The van der Waals surface area contributed by atoms with Crippen LogP contribution in [-0.2, 0) is 0 Å². The van der Waals surface area contributed by atoms with Crippen molar-refractivity contribution in [1.82, 2.24) is 9.97 Å². The highest BCUT2D eigenvalue weighted by Gasteiger charge is 2.26. The summed E-state index contributed by atoms with van der Waals surface area (Å²) in [6.07, 6.45) is 5.38. The maximum absolute atomic E-state index is 11.7. The monoisotopic (exact) mass is 222 g/mol. The van der Waals surface area contributed by atoms with Crippen molar-refractivity contribution in [3.8, 4) is 0 Å². The summed E-state index contributed by atoms with van der Waals surface area (Å²) in [5.41, 5.74) is 5.58. The van der Waals surface area contributed by atoms with E-state index in [2.05, 4.69) is 21.8 Å². The van der Waals surface area contributed by atoms with Crippen LogP contribution in [0.4, 0.5) is 5.82 Å². The number of hydrogen-bond donors (Lipinski definition) is 2. The third-order valence-electron chi connectivity index (χ3n) is 3.27. The first-order valence-electron chi connectivity index (χ1n) is 5.72. The number of aromatic amines is 1. The van der Waals surface area contributed by atoms with Crippen LogP contribution >= 0.6 is 0 Å². The molecule has 16 heavy (non-hydrogen) atoms. The Morgan fingerprint density at radius 3 is 3.12 bits per heavy atom. The zero-order valence-electron chi connectivity index (χ0n) is 9.52. The Morgan fingerprint density at radius 2 is 2.44 bits per heavy atom. The second kappa shape index (κ2) is 4.65. The van der Waals surface area contributed by atoms with E-state index < -0.39 is 0 Å². The third-order valence-corrected chi connectivity index (χ3v) is 3.27. The van der Waals surface area contributed by atoms with Crippen molar-refractivity contribution in [3.63, 3.8) is 0 Å². The minimum Gasteiger partial charge on any atom is -0.349 e. The molecular formula is C11H18N4O. The first-order valence-corrected chi connectivity index (χ1v) is 5.72. The molecule has 2 atom stereocenters. The average molecular weight is 222 g/mol. The SMILES string of the molecule is CC1CCC(CN)CN1c1ncc[nH]c1=O. The summed E-state index contributed by atoms with van der Waals surface area (Å²) in [6, 6.07) is 0.360. The number of nitrogens with two attached hydrogens (primary N) is 1. The quantitative estimate of drug-likeness (QED) is 0.756. The molecule has 1 aliphatic heterocycles. The highest BCUT2D eigenvalue weighted by molar-refractivity contribution is 5.37. The Labute approximate surface area is 94.7 Å². The van der Waals surface area contributed by atoms with Gasteiger partial charge in [-0.2, -0.15) is 0 Å². The summed E-state index contributed by atoms with van der Waals surface area (Å²) in [5.74, 6) is 0.991. The smallest absolute Gasteiger partial charge is 0.290 e. The minimum atomic E-state index is -0.118. The van der Waals surface area contributed by atoms with Crippen LogP contribution in [-0.4, -0.2) is 29.1 Å². The Hall–Kier alpha value is -1.36. The summed E-state index contributed by atoms with van der Waals surface area (Å²) in [7, 11) is 0. The molecule has 88 valence electrons. The molecule has 2 unspecified atom stereocenters. The fourth-order valence-electron chi connectivity index (χ4n) is 2.22. The summed E-state index contributed by atoms with van der Waals surface area (Å²) in [6.45, 7) is 3.63. The second-order valence-corrected chi connectivity index (χ2v) is 4.42. The van der Waals surface area contributed by atoms with Gasteiger partial charge in [-0.25, -0.2) is 4.98 Å². The molecule has 5 nitrogen and oxygen atoms in total. The van der Waals surface area contributed by atoms with Gasteiger partial charge in [-0.15, -0.1) is 0 Å². The fourth-order valence-corrected chi connectivity index (χ4v) is 2.22. The van der Waals surface area contributed by atoms with E-state index in [9.17, 15) is 4.79 Å². The number of nitrogens with one attached hydrogen (secondary N) is 1. The molecular weight excluding hydrogens is 204 g/mol. The largest absolute Gasteiger partial charge is 0.349 e. The van der Waals surface area contributed by atoms with Gasteiger partial charge in [-0.05, 0) is 32.2 Å². The lowest BCUT2D eigenvalue weighted by Crippen LogP contribution is -2.46. The van der Waals surface area contributed by atoms with Crippen molar-refractivity contribution >= 4 is 5.82 Å². The lowest BCUT2D eigenvalue weighted by molar-refractivity contribution is 0.371. The van der Waals surface area contributed by atoms with Gasteiger partial charge in [0.05, 0.1) is 0 Å². The molecule has 1 fully saturated rings. The van der Waals surface area contributed by atoms with E-state index in [1.54, 1.807) is 12.4 Å². The Morgan fingerprint density at radius 1 is 1.62 bits per heavy atom. The molecule has 5 heteroatoms. The van der Waals surface area contributed by atoms with E-state index in [0.717, 1.165) is 19.4 Å². The van der Waals surface area contributed by atoms with Crippen LogP contribution in [0.3, 0.4) is 0 Å². The molecule has 0 aliphatic carbocycles. The zero-order valence-corrected chi connectivity index (χ0v) is 9.52. The molecule has 1 aromatic heterocycles. The van der Waals surface area contributed by atoms with E-state index in [-0.39, 0.29) is 5.56 Å². The van der Waals surface area contributed by atoms with Crippen LogP contribution in [0.2, 0.25) is 0 Å². The molecule has 0 spiro atoms. The number of anilines is 1. The number of aromatic nitrogens is 2. The Kier molecular flexibility index (Phi) is 3.24. The molecule has 0 radical (unpaired) electrons. The number of hydrogen-bond acceptors (Lipinski definition) is 4. The number of rotatable bonds is 2. The maximum Gasteiger partial charge on any atom is 0.290 e. The molecule has 2 rings (SSSR count). The molecule has 1 saturated heterocycles. The van der Waals surface area contributed by atoms with Gasteiger partial charge < -0.3 is 15.6 Å². The van der Waals surface area contributed by atoms with E-state index in [1.807, 2.05) is 0 Å². The van der Waals surface area contributed by atoms with Gasteiger partial charge in [0, 0.05) is 25.0 Å². The van der Waals surface area contributed by atoms with Crippen molar-refractivity contribution in [2.45, 2.75) is 25.8 Å². The van der Waals surface area contributed by atoms with Crippen LogP contribution in [0.15, 0.2) is 17.2 Å². The van der Waals surface area contributed by atoms with Crippen molar-refractivity contribution in [2.75, 3.05) is 18.0 Å². The first kappa shape index (κ1) is 11.1. The molecule has 1 aromatic rings. The molecule has 3 N–H and O–H groups in total. The van der Waals surface area contributed by atoms with Crippen molar-refractivity contribution < 1.29 is 0 Å². The highest BCUT2D eigenvalue weighted by Crippen LogP contribution is 2.23. The van der Waals surface area contributed by atoms with Crippen LogP contribution in [0.5, 0.6) is 0 Å². The molecule has 0 bridgehead atoms. The third kappa shape index (κ3) is 2.09. The topological polar surface area (TPSA) is 75.0 Å². The van der Waals surface area contributed by atoms with Gasteiger partial charge in [0.25, 0.3) is 5.56 Å². The predicted octanol–water partition coefficient (Wildman–Crippen LogP) is 0.333. The average Bonchev–Trinajstić information content (AvgIpc) is 2.31. The van der Waals surface area contributed by atoms with Gasteiger partial charge in [0.1, 0.15) is 0 Å². The number of piperidine rings is 1. The standard InChI is InChI=1S/C11H18N4O/c1-8-2-3-9(6-12)7-15(8)10-11(16)14-5-4-13-10/h4-5,8-9H,2-3,6-7,12H2,1H3,(H,14,16). The highest BCUT2D eigenvalue weighted by atomic mass is 16.1. The molecule has 1 aliphatic rings. The van der Waals surface area contributed by atoms with E-state index in [1.165, 1.54) is 0 Å². The normalized spacial score (nSPS) is 25.8. The minimum absolute atomic E-state index is 0.118. The lowest BCUT2D eigenvalue weighted by Gasteiger charge is -2.37. The van der Waals surface area contributed by atoms with Crippen molar-refractivity contribution in [3.05, 3.63) is 22.7 Å². The summed E-state index contributed by atoms with van der Waals surface area (Å²) in [4.78, 5) is 20.6. The summed E-state index contributed by atoms with van der Waals surface area (Å²) in [5, 5.41) is 0. The number of nitrogens with zero attached hydrogens (tertiary/aromatic N) is 2. The van der Waals surface area contributed by atoms with Crippen LogP contribution in [0, 0.1) is 5.92 Å². The first-order chi connectivity index (χ1) is 7.72. The van der Waals surface area contributed by atoms with E-state index >= 15 is 0 Å². The van der Waals surface area contributed by atoms with Crippen LogP contribution in [0.1, 0.15) is 19.8 Å². The van der Waals surface area contributed by atoms with Gasteiger partial charge in [0.15, 0.2) is 5.82 Å². The zero-order chi connectivity index (χ0) is 11.5. The lowest BCUT2D eigenvalue weighted by atomic mass is 9.93. The number of H-pyrrole nitrogens is 1. The van der Waals surface area contributed by atoms with Gasteiger partial charge in [0.2, 0.25) is 0 Å². The van der Waals surface area contributed by atoms with E-state index in [4.69, 9.17) is 5.73 Å². The van der Waals surface area contributed by atoms with Crippen LogP contribution < -0.4 is 16.2 Å². The molecule has 0 aromatic carbocycles. The molecule has 0 saturated carbocycles. The molecule has 2 heterocycles.